The van der Waals surface area contributed by atoms with Gasteiger partial charge in [0.25, 0.3) is 0 Å². The first-order valence-electron chi connectivity index (χ1n) is 12.3. The zero-order valence-electron chi connectivity index (χ0n) is 21.5. The van der Waals surface area contributed by atoms with E-state index in [2.05, 4.69) is 0 Å². The van der Waals surface area contributed by atoms with Crippen molar-refractivity contribution in [2.24, 2.45) is 0 Å². The summed E-state index contributed by atoms with van der Waals surface area (Å²) >= 11 is 0. The highest BCUT2D eigenvalue weighted by atomic mass is 16.5. The van der Waals surface area contributed by atoms with Gasteiger partial charge in [0.2, 0.25) is 0 Å². The summed E-state index contributed by atoms with van der Waals surface area (Å²) in [5.74, 6) is -1.94. The van der Waals surface area contributed by atoms with Crippen LogP contribution in [0.1, 0.15) is 94.8 Å². The second kappa shape index (κ2) is 17.7. The quantitative estimate of drug-likeness (QED) is 0.272. The highest BCUT2D eigenvalue weighted by Crippen LogP contribution is 2.13. The molecule has 0 aliphatic rings. The van der Waals surface area contributed by atoms with E-state index in [-0.39, 0.29) is 22.3 Å². The van der Waals surface area contributed by atoms with Gasteiger partial charge >= 0.3 is 23.9 Å². The summed E-state index contributed by atoms with van der Waals surface area (Å²) in [4.78, 5) is 47.1. The van der Waals surface area contributed by atoms with E-state index in [1.165, 1.54) is 0 Å². The lowest BCUT2D eigenvalue weighted by Gasteiger charge is -2.08. The Bertz CT molecular complexity index is 826. The third-order valence-corrected chi connectivity index (χ3v) is 4.48. The van der Waals surface area contributed by atoms with Crippen molar-refractivity contribution in [3.63, 3.8) is 0 Å². The van der Waals surface area contributed by atoms with Gasteiger partial charge in [-0.05, 0) is 49.9 Å². The molecule has 0 amide bonds. The molecule has 0 radical (unpaired) electrons. The molecule has 2 aromatic carbocycles. The predicted octanol–water partition coefficient (Wildman–Crippen LogP) is 5.64. The molecule has 0 spiro atoms. The first-order valence-corrected chi connectivity index (χ1v) is 12.3. The van der Waals surface area contributed by atoms with Crippen molar-refractivity contribution in [3.05, 3.63) is 70.8 Å². The summed E-state index contributed by atoms with van der Waals surface area (Å²) in [6, 6.07) is 13.1. The Labute approximate surface area is 212 Å². The van der Waals surface area contributed by atoms with E-state index in [9.17, 15) is 19.2 Å². The van der Waals surface area contributed by atoms with E-state index in [1.54, 1.807) is 48.5 Å². The van der Waals surface area contributed by atoms with Crippen LogP contribution in [0.25, 0.3) is 0 Å². The Kier molecular flexibility index (Phi) is 14.9. The number of esters is 4. The lowest BCUT2D eigenvalue weighted by Crippen LogP contribution is -2.14. The largest absolute Gasteiger partial charge is 0.462 e. The Hall–Kier alpha value is -3.68. The molecule has 0 bridgehead atoms. The van der Waals surface area contributed by atoms with Crippen LogP contribution in [-0.2, 0) is 18.9 Å². The summed E-state index contributed by atoms with van der Waals surface area (Å²) < 4.78 is 20.1. The number of ether oxygens (including phenoxy) is 4. The Balaban J connectivity index is 0.000000360. The van der Waals surface area contributed by atoms with Crippen LogP contribution in [0, 0.1) is 0 Å². The first kappa shape index (κ1) is 30.4. The number of carbonyl (C=O) groups is 4. The topological polar surface area (TPSA) is 105 Å². The molecule has 8 nitrogen and oxygen atoms in total. The van der Waals surface area contributed by atoms with Gasteiger partial charge in [-0.2, -0.15) is 0 Å². The lowest BCUT2D eigenvalue weighted by atomic mass is 10.1. The molecule has 0 unspecified atom stereocenters. The third kappa shape index (κ3) is 10.3. The van der Waals surface area contributed by atoms with Gasteiger partial charge in [-0.3, -0.25) is 0 Å². The highest BCUT2D eigenvalue weighted by molar-refractivity contribution is 6.03. The van der Waals surface area contributed by atoms with Crippen LogP contribution >= 0.6 is 0 Å². The summed E-state index contributed by atoms with van der Waals surface area (Å²) in [5.41, 5.74) is 1.03. The molecular formula is C28H36O8. The molecule has 36 heavy (non-hydrogen) atoms. The van der Waals surface area contributed by atoms with Crippen LogP contribution in [0.2, 0.25) is 0 Å². The fourth-order valence-corrected chi connectivity index (χ4v) is 2.77. The normalized spacial score (nSPS) is 9.89. The van der Waals surface area contributed by atoms with Crippen LogP contribution in [0.4, 0.5) is 0 Å². The molecule has 0 heterocycles. The number of carbonyl (C=O) groups excluding carboxylic acids is 4. The van der Waals surface area contributed by atoms with Gasteiger partial charge in [0.1, 0.15) is 0 Å². The summed E-state index contributed by atoms with van der Waals surface area (Å²) in [5, 5.41) is 0. The van der Waals surface area contributed by atoms with Crippen LogP contribution in [-0.4, -0.2) is 50.3 Å². The van der Waals surface area contributed by atoms with E-state index in [0.29, 0.717) is 26.4 Å². The van der Waals surface area contributed by atoms with Crippen molar-refractivity contribution in [1.29, 1.82) is 0 Å². The first-order chi connectivity index (χ1) is 17.4. The summed E-state index contributed by atoms with van der Waals surface area (Å²) in [7, 11) is 0. The van der Waals surface area contributed by atoms with Crippen molar-refractivity contribution in [3.8, 4) is 0 Å². The standard InChI is InChI=1S/2C14H18O4/c2*1-3-9-17-13(15)11-7-5-6-8-12(11)14(16)18-10-4-2/h2*5-8H,3-4,9-10H2,1-2H3. The van der Waals surface area contributed by atoms with E-state index in [4.69, 9.17) is 18.9 Å². The summed E-state index contributed by atoms with van der Waals surface area (Å²) in [6.07, 6.45) is 2.98. The van der Waals surface area contributed by atoms with Crippen molar-refractivity contribution >= 4 is 23.9 Å². The predicted molar refractivity (Wildman–Crippen MR) is 135 cm³/mol. The Morgan fingerprint density at radius 2 is 0.639 bits per heavy atom. The molecule has 0 atom stereocenters. The molecule has 196 valence electrons. The monoisotopic (exact) mass is 500 g/mol. The fourth-order valence-electron chi connectivity index (χ4n) is 2.77. The molecule has 0 N–H and O–H groups in total. The molecule has 0 fully saturated rings. The highest BCUT2D eigenvalue weighted by Gasteiger charge is 2.19. The van der Waals surface area contributed by atoms with Gasteiger partial charge < -0.3 is 18.9 Å². The minimum atomic E-state index is -0.485. The van der Waals surface area contributed by atoms with Gasteiger partial charge in [-0.1, -0.05) is 52.0 Å². The Morgan fingerprint density at radius 3 is 0.806 bits per heavy atom. The number of benzene rings is 2. The number of rotatable bonds is 12. The van der Waals surface area contributed by atoms with Crippen LogP contribution in [0.3, 0.4) is 0 Å². The molecule has 2 aromatic rings. The van der Waals surface area contributed by atoms with E-state index >= 15 is 0 Å². The maximum absolute atomic E-state index is 11.8. The Morgan fingerprint density at radius 1 is 0.444 bits per heavy atom. The minimum Gasteiger partial charge on any atom is -0.462 e. The van der Waals surface area contributed by atoms with E-state index in [0.717, 1.165) is 25.7 Å². The second-order valence-corrected chi connectivity index (χ2v) is 7.63. The summed E-state index contributed by atoms with van der Waals surface area (Å²) in [6.45, 7) is 9.02. The number of hydrogen-bond donors (Lipinski definition) is 0. The minimum absolute atomic E-state index is 0.257. The van der Waals surface area contributed by atoms with Crippen molar-refractivity contribution in [1.82, 2.24) is 0 Å². The second-order valence-electron chi connectivity index (χ2n) is 7.63. The average molecular weight is 501 g/mol. The fraction of sp³-hybridized carbons (Fsp3) is 0.429. The third-order valence-electron chi connectivity index (χ3n) is 4.48. The van der Waals surface area contributed by atoms with Gasteiger partial charge in [0, 0.05) is 0 Å². The SMILES string of the molecule is CCCOC(=O)c1ccccc1C(=O)OCCC.CCCOC(=O)c1ccccc1C(=O)OCCC. The van der Waals surface area contributed by atoms with Crippen LogP contribution in [0.15, 0.2) is 48.5 Å². The van der Waals surface area contributed by atoms with E-state index in [1.807, 2.05) is 27.7 Å². The molecule has 0 aliphatic heterocycles. The molecule has 2 rings (SSSR count). The number of hydrogen-bond acceptors (Lipinski definition) is 8. The molecular weight excluding hydrogens is 464 g/mol. The molecule has 0 aromatic heterocycles. The molecule has 0 saturated carbocycles. The van der Waals surface area contributed by atoms with Crippen LogP contribution in [0.5, 0.6) is 0 Å². The lowest BCUT2D eigenvalue weighted by molar-refractivity contribution is 0.0458. The maximum Gasteiger partial charge on any atom is 0.339 e. The van der Waals surface area contributed by atoms with Crippen LogP contribution < -0.4 is 0 Å². The molecule has 8 heteroatoms. The zero-order valence-corrected chi connectivity index (χ0v) is 21.5. The van der Waals surface area contributed by atoms with Crippen molar-refractivity contribution in [2.45, 2.75) is 53.4 Å². The van der Waals surface area contributed by atoms with Crippen molar-refractivity contribution in [2.75, 3.05) is 26.4 Å². The molecule has 0 aliphatic carbocycles. The van der Waals surface area contributed by atoms with Gasteiger partial charge in [-0.25, -0.2) is 19.2 Å². The van der Waals surface area contributed by atoms with E-state index < -0.39 is 23.9 Å². The van der Waals surface area contributed by atoms with Gasteiger partial charge in [-0.15, -0.1) is 0 Å². The average Bonchev–Trinajstić information content (AvgIpc) is 2.92. The van der Waals surface area contributed by atoms with Crippen molar-refractivity contribution < 1.29 is 38.1 Å². The smallest absolute Gasteiger partial charge is 0.339 e. The maximum atomic E-state index is 11.8. The van der Waals surface area contributed by atoms with Gasteiger partial charge in [0.15, 0.2) is 0 Å². The zero-order chi connectivity index (χ0) is 26.8. The molecule has 0 saturated heterocycles. The van der Waals surface area contributed by atoms with Gasteiger partial charge in [0.05, 0.1) is 48.7 Å².